The van der Waals surface area contributed by atoms with E-state index in [1.54, 1.807) is 15.9 Å². The van der Waals surface area contributed by atoms with Crippen molar-refractivity contribution in [2.75, 3.05) is 59.4 Å². The monoisotopic (exact) mass is 500 g/mol. The summed E-state index contributed by atoms with van der Waals surface area (Å²) in [5.74, 6) is 1.22. The highest BCUT2D eigenvalue weighted by atomic mass is 19.1. The molecule has 36 heavy (non-hydrogen) atoms. The van der Waals surface area contributed by atoms with E-state index in [0.717, 1.165) is 5.56 Å². The van der Waals surface area contributed by atoms with Gasteiger partial charge in [-0.3, -0.25) is 9.59 Å². The van der Waals surface area contributed by atoms with Crippen LogP contribution in [-0.2, 0) is 25.5 Å². The van der Waals surface area contributed by atoms with E-state index in [-0.39, 0.29) is 57.0 Å². The summed E-state index contributed by atoms with van der Waals surface area (Å²) in [7, 11) is 0. The lowest BCUT2D eigenvalue weighted by Gasteiger charge is -2.43. The van der Waals surface area contributed by atoms with Crippen molar-refractivity contribution >= 4 is 11.8 Å². The topological polar surface area (TPSA) is 86.8 Å². The van der Waals surface area contributed by atoms with Crippen LogP contribution in [-0.4, -0.2) is 86.6 Å². The molecule has 2 amide bonds. The molecule has 2 aromatic rings. The van der Waals surface area contributed by atoms with Crippen LogP contribution in [0, 0.1) is 5.82 Å². The third-order valence-electron chi connectivity index (χ3n) is 6.55. The number of rotatable bonds is 7. The summed E-state index contributed by atoms with van der Waals surface area (Å²) in [6, 6.07) is 11.1. The SMILES string of the molecule is O=C(C[C@@]1(COc2ccc(F)cc2)CN(C(=O)Cc2ccc3c(c2)OCO3)CCO1)N1CCOCC1. The van der Waals surface area contributed by atoms with E-state index in [1.165, 1.54) is 24.3 Å². The summed E-state index contributed by atoms with van der Waals surface area (Å²) in [4.78, 5) is 29.9. The summed E-state index contributed by atoms with van der Waals surface area (Å²) in [6.07, 6.45) is 0.241. The smallest absolute Gasteiger partial charge is 0.231 e. The number of ether oxygens (including phenoxy) is 5. The fourth-order valence-electron chi connectivity index (χ4n) is 4.59. The second kappa shape index (κ2) is 10.7. The van der Waals surface area contributed by atoms with Crippen LogP contribution in [0.3, 0.4) is 0 Å². The molecule has 0 N–H and O–H groups in total. The quantitative estimate of drug-likeness (QED) is 0.575. The van der Waals surface area contributed by atoms with Crippen molar-refractivity contribution in [2.24, 2.45) is 0 Å². The average molecular weight is 501 g/mol. The van der Waals surface area contributed by atoms with E-state index < -0.39 is 5.60 Å². The van der Waals surface area contributed by atoms with Crippen LogP contribution >= 0.6 is 0 Å². The lowest BCUT2D eigenvalue weighted by atomic mass is 9.96. The van der Waals surface area contributed by atoms with Crippen molar-refractivity contribution in [1.29, 1.82) is 0 Å². The number of benzene rings is 2. The van der Waals surface area contributed by atoms with Gasteiger partial charge in [0.1, 0.15) is 23.8 Å². The summed E-state index contributed by atoms with van der Waals surface area (Å²) in [5, 5.41) is 0. The molecule has 0 aromatic heterocycles. The average Bonchev–Trinajstić information content (AvgIpc) is 3.37. The first-order valence-electron chi connectivity index (χ1n) is 12.0. The molecule has 0 unspecified atom stereocenters. The number of fused-ring (bicyclic) bond motifs is 1. The third-order valence-corrected chi connectivity index (χ3v) is 6.55. The first-order chi connectivity index (χ1) is 17.5. The number of carbonyl (C=O) groups is 2. The van der Waals surface area contributed by atoms with Gasteiger partial charge in [-0.05, 0) is 42.0 Å². The van der Waals surface area contributed by atoms with Gasteiger partial charge in [-0.2, -0.15) is 0 Å². The van der Waals surface area contributed by atoms with Crippen LogP contribution < -0.4 is 14.2 Å². The van der Waals surface area contributed by atoms with Gasteiger partial charge in [0.25, 0.3) is 0 Å². The molecule has 192 valence electrons. The van der Waals surface area contributed by atoms with Gasteiger partial charge in [0, 0.05) is 19.6 Å². The standard InChI is InChI=1S/C26H29FN2O7/c27-20-2-4-21(5-3-20)33-17-26(15-25(31)28-7-10-32-11-8-28)16-29(9-12-36-26)24(30)14-19-1-6-22-23(13-19)35-18-34-22/h1-6,13H,7-12,14-18H2/t26-/m0/s1. The van der Waals surface area contributed by atoms with Crippen molar-refractivity contribution in [3.8, 4) is 17.2 Å². The van der Waals surface area contributed by atoms with E-state index in [1.807, 2.05) is 12.1 Å². The van der Waals surface area contributed by atoms with Gasteiger partial charge in [0.15, 0.2) is 11.5 Å². The molecule has 2 aromatic carbocycles. The van der Waals surface area contributed by atoms with Gasteiger partial charge in [0.05, 0.1) is 39.2 Å². The molecule has 0 spiro atoms. The Balaban J connectivity index is 1.29. The van der Waals surface area contributed by atoms with E-state index in [2.05, 4.69) is 0 Å². The zero-order valence-corrected chi connectivity index (χ0v) is 19.9. The molecule has 9 nitrogen and oxygen atoms in total. The molecule has 2 fully saturated rings. The molecule has 10 heteroatoms. The largest absolute Gasteiger partial charge is 0.490 e. The lowest BCUT2D eigenvalue weighted by molar-refractivity contribution is -0.167. The summed E-state index contributed by atoms with van der Waals surface area (Å²) in [5.41, 5.74) is -0.222. The Bertz CT molecular complexity index is 1090. The number of carbonyl (C=O) groups excluding carboxylic acids is 2. The minimum atomic E-state index is -1.04. The maximum Gasteiger partial charge on any atom is 0.231 e. The number of hydrogen-bond acceptors (Lipinski definition) is 7. The molecule has 3 aliphatic rings. The second-order valence-corrected chi connectivity index (χ2v) is 9.12. The van der Waals surface area contributed by atoms with Crippen LogP contribution in [0.5, 0.6) is 17.2 Å². The Kier molecular flexibility index (Phi) is 7.24. The van der Waals surface area contributed by atoms with Crippen molar-refractivity contribution < 1.29 is 37.7 Å². The van der Waals surface area contributed by atoms with E-state index in [0.29, 0.717) is 50.1 Å². The highest BCUT2D eigenvalue weighted by Crippen LogP contribution is 2.33. The van der Waals surface area contributed by atoms with Crippen molar-refractivity contribution in [2.45, 2.75) is 18.4 Å². The van der Waals surface area contributed by atoms with E-state index in [4.69, 9.17) is 23.7 Å². The van der Waals surface area contributed by atoms with Gasteiger partial charge >= 0.3 is 0 Å². The maximum atomic E-state index is 13.3. The zero-order chi connectivity index (χ0) is 25.0. The van der Waals surface area contributed by atoms with Gasteiger partial charge < -0.3 is 33.5 Å². The number of hydrogen-bond donors (Lipinski definition) is 0. The van der Waals surface area contributed by atoms with Gasteiger partial charge in [0.2, 0.25) is 18.6 Å². The van der Waals surface area contributed by atoms with Crippen LogP contribution in [0.15, 0.2) is 42.5 Å². The molecule has 0 saturated carbocycles. The molecule has 0 aliphatic carbocycles. The van der Waals surface area contributed by atoms with E-state index >= 15 is 0 Å². The molecular formula is C26H29FN2O7. The summed E-state index contributed by atoms with van der Waals surface area (Å²) >= 11 is 0. The molecule has 3 aliphatic heterocycles. The lowest BCUT2D eigenvalue weighted by Crippen LogP contribution is -2.59. The first kappa shape index (κ1) is 24.3. The summed E-state index contributed by atoms with van der Waals surface area (Å²) < 4.78 is 41.5. The highest BCUT2D eigenvalue weighted by molar-refractivity contribution is 5.80. The minimum absolute atomic E-state index is 0.0442. The predicted octanol–water partition coefficient (Wildman–Crippen LogP) is 2.02. The third kappa shape index (κ3) is 5.71. The van der Waals surface area contributed by atoms with Crippen molar-refractivity contribution in [3.05, 3.63) is 53.8 Å². The van der Waals surface area contributed by atoms with Gasteiger partial charge in [-0.1, -0.05) is 6.07 Å². The van der Waals surface area contributed by atoms with Gasteiger partial charge in [-0.15, -0.1) is 0 Å². The van der Waals surface area contributed by atoms with Crippen LogP contribution in [0.2, 0.25) is 0 Å². The number of morpholine rings is 2. The van der Waals surface area contributed by atoms with Crippen LogP contribution in [0.4, 0.5) is 4.39 Å². The van der Waals surface area contributed by atoms with Crippen molar-refractivity contribution in [3.63, 3.8) is 0 Å². The molecule has 3 heterocycles. The Morgan fingerprint density at radius 2 is 1.67 bits per heavy atom. The molecule has 0 radical (unpaired) electrons. The fraction of sp³-hybridized carbons (Fsp3) is 0.462. The molecule has 0 bridgehead atoms. The van der Waals surface area contributed by atoms with Crippen LogP contribution in [0.25, 0.3) is 0 Å². The maximum absolute atomic E-state index is 13.3. The first-order valence-corrected chi connectivity index (χ1v) is 12.0. The van der Waals surface area contributed by atoms with Gasteiger partial charge in [-0.25, -0.2) is 4.39 Å². The highest BCUT2D eigenvalue weighted by Gasteiger charge is 2.42. The minimum Gasteiger partial charge on any atom is -0.490 e. The summed E-state index contributed by atoms with van der Waals surface area (Å²) in [6.45, 7) is 3.11. The predicted molar refractivity (Wildman–Crippen MR) is 125 cm³/mol. The normalized spacial score (nSPS) is 21.4. The Morgan fingerprint density at radius 1 is 0.917 bits per heavy atom. The molecule has 1 atom stereocenters. The second-order valence-electron chi connectivity index (χ2n) is 9.12. The Hall–Kier alpha value is -3.37. The van der Waals surface area contributed by atoms with E-state index in [9.17, 15) is 14.0 Å². The number of nitrogens with zero attached hydrogens (tertiary/aromatic N) is 2. The molecule has 5 rings (SSSR count). The Labute approximate surface area is 208 Å². The number of amides is 2. The zero-order valence-electron chi connectivity index (χ0n) is 19.9. The molecule has 2 saturated heterocycles. The van der Waals surface area contributed by atoms with Crippen LogP contribution in [0.1, 0.15) is 12.0 Å². The fourth-order valence-corrected chi connectivity index (χ4v) is 4.59. The van der Waals surface area contributed by atoms with Crippen molar-refractivity contribution in [1.82, 2.24) is 9.80 Å². The molecular weight excluding hydrogens is 471 g/mol. The number of halogens is 1. The Morgan fingerprint density at radius 3 is 2.47 bits per heavy atom.